The number of rotatable bonds is 2. The van der Waals surface area contributed by atoms with Crippen LogP contribution in [-0.2, 0) is 9.53 Å². The average molecular weight is 162 g/mol. The van der Waals surface area contributed by atoms with Crippen LogP contribution in [0.5, 0.6) is 0 Å². The molecule has 0 spiro atoms. The van der Waals surface area contributed by atoms with Crippen LogP contribution in [-0.4, -0.2) is 5.97 Å². The summed E-state index contributed by atoms with van der Waals surface area (Å²) in [5.74, 6) is -0.426. The van der Waals surface area contributed by atoms with E-state index in [4.69, 9.17) is 4.74 Å². The highest BCUT2D eigenvalue weighted by Gasteiger charge is 1.95. The highest BCUT2D eigenvalue weighted by atomic mass is 16.5. The Kier molecular flexibility index (Phi) is 3.08. The fraction of sp³-hybridized carbons (Fsp3) is 0.100. The van der Waals surface area contributed by atoms with Crippen molar-refractivity contribution in [2.24, 2.45) is 0 Å². The topological polar surface area (TPSA) is 26.3 Å². The van der Waals surface area contributed by atoms with Gasteiger partial charge in [0.15, 0.2) is 0 Å². The van der Waals surface area contributed by atoms with E-state index < -0.39 is 5.97 Å². The Morgan fingerprint density at radius 1 is 1.58 bits per heavy atom. The van der Waals surface area contributed by atoms with E-state index in [2.05, 4.69) is 6.58 Å². The van der Waals surface area contributed by atoms with Crippen LogP contribution in [0.15, 0.2) is 48.8 Å². The van der Waals surface area contributed by atoms with Gasteiger partial charge in [0.05, 0.1) is 6.26 Å². The molecular formula is C10H10O2. The molecule has 0 radical (unpaired) electrons. The summed E-state index contributed by atoms with van der Waals surface area (Å²) in [6, 6.07) is 0. The first-order valence-electron chi connectivity index (χ1n) is 3.68. The number of allylic oxidation sites excluding steroid dienone is 5. The van der Waals surface area contributed by atoms with Crippen molar-refractivity contribution in [3.05, 3.63) is 48.8 Å². The summed E-state index contributed by atoms with van der Waals surface area (Å²) in [5, 5.41) is 0. The van der Waals surface area contributed by atoms with E-state index >= 15 is 0 Å². The zero-order chi connectivity index (χ0) is 8.81. The predicted octanol–water partition coefficient (Wildman–Crippen LogP) is 2.12. The lowest BCUT2D eigenvalue weighted by atomic mass is 10.1. The summed E-state index contributed by atoms with van der Waals surface area (Å²) < 4.78 is 4.73. The number of carbonyl (C=O) groups excluding carboxylic acids is 1. The van der Waals surface area contributed by atoms with Crippen molar-refractivity contribution in [3.8, 4) is 0 Å². The first-order valence-corrected chi connectivity index (χ1v) is 3.68. The van der Waals surface area contributed by atoms with Crippen LogP contribution < -0.4 is 0 Å². The lowest BCUT2D eigenvalue weighted by Gasteiger charge is -2.00. The zero-order valence-corrected chi connectivity index (χ0v) is 6.69. The molecule has 0 aliphatic heterocycles. The smallest absolute Gasteiger partial charge is 0.334 e. The number of carbonyl (C=O) groups is 1. The monoisotopic (exact) mass is 162 g/mol. The van der Waals surface area contributed by atoms with Crippen molar-refractivity contribution >= 4 is 5.97 Å². The molecule has 0 N–H and O–H groups in total. The van der Waals surface area contributed by atoms with Gasteiger partial charge in [-0.25, -0.2) is 4.79 Å². The second kappa shape index (κ2) is 4.34. The third-order valence-electron chi connectivity index (χ3n) is 1.40. The third-order valence-corrected chi connectivity index (χ3v) is 1.40. The van der Waals surface area contributed by atoms with Crippen LogP contribution in [0.3, 0.4) is 0 Å². The second-order valence-corrected chi connectivity index (χ2v) is 2.33. The quantitative estimate of drug-likeness (QED) is 0.353. The first-order chi connectivity index (χ1) is 5.83. The molecule has 0 aromatic rings. The summed E-state index contributed by atoms with van der Waals surface area (Å²) in [6.07, 6.45) is 11.1. The number of hydrogen-bond donors (Lipinski definition) is 0. The van der Waals surface area contributed by atoms with E-state index in [1.807, 2.05) is 24.3 Å². The van der Waals surface area contributed by atoms with Crippen molar-refractivity contribution < 1.29 is 9.53 Å². The summed E-state index contributed by atoms with van der Waals surface area (Å²) in [5.41, 5.74) is 0.979. The van der Waals surface area contributed by atoms with Crippen molar-refractivity contribution in [2.75, 3.05) is 0 Å². The minimum Gasteiger partial charge on any atom is -0.431 e. The van der Waals surface area contributed by atoms with Gasteiger partial charge in [-0.15, -0.1) is 0 Å². The predicted molar refractivity (Wildman–Crippen MR) is 47.3 cm³/mol. The maximum atomic E-state index is 10.6. The van der Waals surface area contributed by atoms with Crippen molar-refractivity contribution in [1.29, 1.82) is 0 Å². The summed E-state index contributed by atoms with van der Waals surface area (Å²) in [6.45, 7) is 3.29. The molecule has 0 saturated heterocycles. The molecule has 0 heterocycles. The molecule has 0 aromatic heterocycles. The molecule has 0 atom stereocenters. The molecule has 62 valence electrons. The molecule has 1 rings (SSSR count). The minimum absolute atomic E-state index is 0.426. The van der Waals surface area contributed by atoms with E-state index in [1.54, 1.807) is 0 Å². The van der Waals surface area contributed by atoms with Crippen molar-refractivity contribution in [1.82, 2.24) is 0 Å². The van der Waals surface area contributed by atoms with Crippen LogP contribution >= 0.6 is 0 Å². The van der Waals surface area contributed by atoms with Gasteiger partial charge in [-0.2, -0.15) is 0 Å². The Hall–Kier alpha value is -1.57. The summed E-state index contributed by atoms with van der Waals surface area (Å²) in [4.78, 5) is 10.6. The molecular weight excluding hydrogens is 152 g/mol. The molecule has 1 aliphatic rings. The first kappa shape index (κ1) is 8.53. The number of ether oxygens (including phenoxy) is 1. The van der Waals surface area contributed by atoms with Gasteiger partial charge in [0.1, 0.15) is 0 Å². The lowest BCUT2D eigenvalue weighted by molar-refractivity contribution is -0.132. The summed E-state index contributed by atoms with van der Waals surface area (Å²) in [7, 11) is 0. The molecule has 2 nitrogen and oxygen atoms in total. The molecule has 0 aromatic carbocycles. The van der Waals surface area contributed by atoms with Crippen LogP contribution in [0.1, 0.15) is 6.42 Å². The summed E-state index contributed by atoms with van der Waals surface area (Å²) >= 11 is 0. The molecule has 0 bridgehead atoms. The molecule has 0 fully saturated rings. The number of hydrogen-bond acceptors (Lipinski definition) is 2. The fourth-order valence-corrected chi connectivity index (χ4v) is 0.799. The standard InChI is InChI=1S/C10H10O2/c1-2-10(11)12-8-9-6-4-3-5-7-9/h2-6,8H,1,7H2. The van der Waals surface area contributed by atoms with Gasteiger partial charge < -0.3 is 4.74 Å². The Morgan fingerprint density at radius 2 is 2.42 bits per heavy atom. The Bertz CT molecular complexity index is 270. The van der Waals surface area contributed by atoms with Gasteiger partial charge in [-0.05, 0) is 12.0 Å². The maximum absolute atomic E-state index is 10.6. The largest absolute Gasteiger partial charge is 0.431 e. The van der Waals surface area contributed by atoms with Crippen LogP contribution in [0, 0.1) is 0 Å². The minimum atomic E-state index is -0.426. The highest BCUT2D eigenvalue weighted by molar-refractivity contribution is 5.81. The van der Waals surface area contributed by atoms with Gasteiger partial charge in [0.2, 0.25) is 0 Å². The van der Waals surface area contributed by atoms with E-state index in [0.29, 0.717) is 0 Å². The van der Waals surface area contributed by atoms with E-state index in [-0.39, 0.29) is 0 Å². The fourth-order valence-electron chi connectivity index (χ4n) is 0.799. The lowest BCUT2D eigenvalue weighted by Crippen LogP contribution is -1.94. The molecule has 0 amide bonds. The van der Waals surface area contributed by atoms with Gasteiger partial charge in [0, 0.05) is 6.08 Å². The molecule has 0 saturated carbocycles. The van der Waals surface area contributed by atoms with E-state index in [9.17, 15) is 4.79 Å². The van der Waals surface area contributed by atoms with Crippen molar-refractivity contribution in [2.45, 2.75) is 6.42 Å². The van der Waals surface area contributed by atoms with E-state index in [1.165, 1.54) is 6.26 Å². The Morgan fingerprint density at radius 3 is 3.00 bits per heavy atom. The van der Waals surface area contributed by atoms with Gasteiger partial charge in [-0.3, -0.25) is 0 Å². The van der Waals surface area contributed by atoms with Gasteiger partial charge in [0.25, 0.3) is 0 Å². The average Bonchev–Trinajstić information content (AvgIpc) is 2.16. The van der Waals surface area contributed by atoms with Crippen molar-refractivity contribution in [3.63, 3.8) is 0 Å². The second-order valence-electron chi connectivity index (χ2n) is 2.33. The Balaban J connectivity index is 2.47. The molecule has 0 unspecified atom stereocenters. The highest BCUT2D eigenvalue weighted by Crippen LogP contribution is 2.09. The molecule has 1 aliphatic carbocycles. The normalized spacial score (nSPS) is 17.8. The van der Waals surface area contributed by atoms with Gasteiger partial charge >= 0.3 is 5.97 Å². The van der Waals surface area contributed by atoms with E-state index in [0.717, 1.165) is 18.1 Å². The van der Waals surface area contributed by atoms with Gasteiger partial charge in [-0.1, -0.05) is 30.9 Å². The Labute approximate surface area is 71.5 Å². The zero-order valence-electron chi connectivity index (χ0n) is 6.69. The SMILES string of the molecule is C=CC(=O)OC=C1C=CC=CC1. The third kappa shape index (κ3) is 2.58. The number of esters is 1. The molecule has 2 heteroatoms. The van der Waals surface area contributed by atoms with Crippen LogP contribution in [0.4, 0.5) is 0 Å². The van der Waals surface area contributed by atoms with Crippen LogP contribution in [0.2, 0.25) is 0 Å². The maximum Gasteiger partial charge on any atom is 0.334 e. The molecule has 12 heavy (non-hydrogen) atoms. The van der Waals surface area contributed by atoms with Crippen LogP contribution in [0.25, 0.3) is 0 Å².